The van der Waals surface area contributed by atoms with Crippen molar-refractivity contribution in [1.82, 2.24) is 0 Å². The van der Waals surface area contributed by atoms with Crippen molar-refractivity contribution < 1.29 is 32.9 Å². The fourth-order valence-electron chi connectivity index (χ4n) is 3.28. The van der Waals surface area contributed by atoms with Crippen LogP contribution in [0, 0.1) is 0 Å². The largest absolute Gasteiger partial charge is 0.481 e. The Morgan fingerprint density at radius 2 is 1.34 bits per heavy atom. The van der Waals surface area contributed by atoms with Gasteiger partial charge in [0, 0.05) is 0 Å². The fourth-order valence-corrected chi connectivity index (χ4v) is 4.22. The highest BCUT2D eigenvalue weighted by Gasteiger charge is 2.31. The zero-order valence-electron chi connectivity index (χ0n) is 19.1. The summed E-state index contributed by atoms with van der Waals surface area (Å²) in [6.45, 7) is 2.69. The first-order valence-corrected chi connectivity index (χ1v) is 12.7. The molecule has 7 nitrogen and oxygen atoms in total. The average molecular weight is 439 g/mol. The van der Waals surface area contributed by atoms with Crippen LogP contribution in [0.25, 0.3) is 0 Å². The number of phosphoric ester groups is 1. The van der Waals surface area contributed by atoms with E-state index in [1.165, 1.54) is 57.8 Å². The van der Waals surface area contributed by atoms with Gasteiger partial charge in [-0.1, -0.05) is 77.6 Å². The van der Waals surface area contributed by atoms with Gasteiger partial charge in [0.15, 0.2) is 0 Å². The van der Waals surface area contributed by atoms with Crippen molar-refractivity contribution in [2.75, 3.05) is 34.3 Å². The van der Waals surface area contributed by atoms with E-state index in [-0.39, 0.29) is 13.0 Å². The third-order valence-electron chi connectivity index (χ3n) is 4.69. The van der Waals surface area contributed by atoms with Gasteiger partial charge in [0.1, 0.15) is 12.6 Å². The molecular formula is C21H45NO6P+. The Kier molecular flexibility index (Phi) is 16.0. The molecule has 0 saturated heterocycles. The monoisotopic (exact) mass is 438 g/mol. The van der Waals surface area contributed by atoms with Gasteiger partial charge in [0.25, 0.3) is 0 Å². The van der Waals surface area contributed by atoms with Crippen LogP contribution in [-0.2, 0) is 18.4 Å². The van der Waals surface area contributed by atoms with Gasteiger partial charge in [-0.25, -0.2) is 4.57 Å². The number of carboxylic acids is 1. The lowest BCUT2D eigenvalue weighted by Gasteiger charge is -2.29. The molecule has 2 unspecified atom stereocenters. The van der Waals surface area contributed by atoms with E-state index in [9.17, 15) is 14.3 Å². The van der Waals surface area contributed by atoms with Gasteiger partial charge >= 0.3 is 13.8 Å². The molecule has 174 valence electrons. The van der Waals surface area contributed by atoms with Gasteiger partial charge in [-0.15, -0.1) is 0 Å². The molecule has 8 heteroatoms. The number of phosphoric acid groups is 1. The van der Waals surface area contributed by atoms with E-state index >= 15 is 0 Å². The molecule has 0 aliphatic heterocycles. The van der Waals surface area contributed by atoms with E-state index in [2.05, 4.69) is 6.92 Å². The highest BCUT2D eigenvalue weighted by atomic mass is 31.2. The van der Waals surface area contributed by atoms with Crippen molar-refractivity contribution in [2.24, 2.45) is 0 Å². The molecule has 2 atom stereocenters. The minimum atomic E-state index is -4.25. The lowest BCUT2D eigenvalue weighted by atomic mass is 10.1. The van der Waals surface area contributed by atoms with Gasteiger partial charge in [-0.3, -0.25) is 13.8 Å². The Hall–Kier alpha value is -0.460. The number of nitrogens with zero attached hydrogens (tertiary/aromatic N) is 1. The van der Waals surface area contributed by atoms with Crippen LogP contribution in [0.1, 0.15) is 90.4 Å². The second kappa shape index (κ2) is 16.3. The highest BCUT2D eigenvalue weighted by Crippen LogP contribution is 2.45. The second-order valence-electron chi connectivity index (χ2n) is 8.99. The van der Waals surface area contributed by atoms with Gasteiger partial charge in [-0.2, -0.15) is 0 Å². The van der Waals surface area contributed by atoms with Crippen LogP contribution in [0.3, 0.4) is 0 Å². The Labute approximate surface area is 178 Å². The molecule has 0 bridgehead atoms. The molecule has 0 rings (SSSR count). The first-order valence-electron chi connectivity index (χ1n) is 11.2. The zero-order chi connectivity index (χ0) is 22.2. The summed E-state index contributed by atoms with van der Waals surface area (Å²) in [6, 6.07) is 0. The number of likely N-dealkylation sites (N-methyl/N-ethyl adjacent to an activating group) is 1. The number of quaternary nitrogens is 1. The quantitative estimate of drug-likeness (QED) is 0.151. The fraction of sp³-hybridized carbons (Fsp3) is 0.952. The Bertz CT molecular complexity index is 467. The van der Waals surface area contributed by atoms with E-state index in [0.717, 1.165) is 12.8 Å². The van der Waals surface area contributed by atoms with E-state index in [4.69, 9.17) is 14.2 Å². The summed E-state index contributed by atoms with van der Waals surface area (Å²) in [5.41, 5.74) is 0. The van der Waals surface area contributed by atoms with Crippen molar-refractivity contribution in [1.29, 1.82) is 0 Å². The standard InChI is InChI=1S/C21H44NO6P/c1-5-6-7-8-9-10-11-12-13-14-15-16-17-27-29(25,26)28-20(18-21(23)24)19-22(2,3)4/h20H,5-19H2,1-4H3,(H-,23,24,25,26)/p+1. The number of aliphatic carboxylic acids is 1. The van der Waals surface area contributed by atoms with Gasteiger partial charge < -0.3 is 14.5 Å². The molecule has 0 aromatic rings. The van der Waals surface area contributed by atoms with E-state index in [1.54, 1.807) is 0 Å². The minimum Gasteiger partial charge on any atom is -0.481 e. The summed E-state index contributed by atoms with van der Waals surface area (Å²) < 4.78 is 22.7. The summed E-state index contributed by atoms with van der Waals surface area (Å²) in [5.74, 6) is -1.07. The smallest absolute Gasteiger partial charge is 0.472 e. The number of hydrogen-bond donors (Lipinski definition) is 2. The van der Waals surface area contributed by atoms with Crippen LogP contribution >= 0.6 is 7.82 Å². The average Bonchev–Trinajstić information content (AvgIpc) is 2.56. The molecule has 0 saturated carbocycles. The normalized spacial score (nSPS) is 15.2. The molecule has 29 heavy (non-hydrogen) atoms. The van der Waals surface area contributed by atoms with Crippen LogP contribution in [0.4, 0.5) is 0 Å². The molecule has 0 amide bonds. The highest BCUT2D eigenvalue weighted by molar-refractivity contribution is 7.47. The summed E-state index contributed by atoms with van der Waals surface area (Å²) in [4.78, 5) is 20.9. The Balaban J connectivity index is 3.82. The first-order chi connectivity index (χ1) is 13.6. The Morgan fingerprint density at radius 1 is 0.897 bits per heavy atom. The molecule has 0 spiro atoms. The molecule has 0 aliphatic rings. The first kappa shape index (κ1) is 28.5. The Morgan fingerprint density at radius 3 is 1.76 bits per heavy atom. The van der Waals surface area contributed by atoms with Crippen LogP contribution in [0.5, 0.6) is 0 Å². The lowest BCUT2D eigenvalue weighted by molar-refractivity contribution is -0.873. The van der Waals surface area contributed by atoms with Crippen molar-refractivity contribution in [3.05, 3.63) is 0 Å². The predicted octanol–water partition coefficient (Wildman–Crippen LogP) is 5.37. The summed E-state index contributed by atoms with van der Waals surface area (Å²) >= 11 is 0. The van der Waals surface area contributed by atoms with Crippen LogP contribution in [0.2, 0.25) is 0 Å². The second-order valence-corrected chi connectivity index (χ2v) is 10.4. The van der Waals surface area contributed by atoms with Crippen LogP contribution < -0.4 is 0 Å². The zero-order valence-corrected chi connectivity index (χ0v) is 20.0. The molecule has 0 heterocycles. The van der Waals surface area contributed by atoms with E-state index < -0.39 is 19.9 Å². The maximum atomic E-state index is 12.1. The number of rotatable bonds is 20. The SMILES string of the molecule is CCCCCCCCCCCCCCOP(=O)(O)OC(CC(=O)O)C[N+](C)(C)C. The van der Waals surface area contributed by atoms with Crippen molar-refractivity contribution in [2.45, 2.75) is 96.5 Å². The molecule has 0 aromatic carbocycles. The third kappa shape index (κ3) is 20.6. The summed E-state index contributed by atoms with van der Waals surface area (Å²) in [5, 5.41) is 8.98. The maximum Gasteiger partial charge on any atom is 0.472 e. The predicted molar refractivity (Wildman–Crippen MR) is 117 cm³/mol. The molecule has 2 N–H and O–H groups in total. The molecular weight excluding hydrogens is 393 g/mol. The number of hydrogen-bond acceptors (Lipinski definition) is 4. The van der Waals surface area contributed by atoms with Crippen molar-refractivity contribution >= 4 is 13.8 Å². The van der Waals surface area contributed by atoms with E-state index in [1.807, 2.05) is 21.1 Å². The molecule has 0 aliphatic carbocycles. The lowest BCUT2D eigenvalue weighted by Crippen LogP contribution is -2.42. The number of carboxylic acid groups (broad SMARTS) is 1. The summed E-state index contributed by atoms with van der Waals surface area (Å²) in [6.07, 6.45) is 13.3. The van der Waals surface area contributed by atoms with Crippen LogP contribution in [0.15, 0.2) is 0 Å². The summed E-state index contributed by atoms with van der Waals surface area (Å²) in [7, 11) is 1.36. The number of carbonyl (C=O) groups is 1. The molecule has 0 fully saturated rings. The van der Waals surface area contributed by atoms with Crippen molar-refractivity contribution in [3.8, 4) is 0 Å². The third-order valence-corrected chi connectivity index (χ3v) is 5.76. The van der Waals surface area contributed by atoms with Gasteiger partial charge in [0.05, 0.1) is 34.2 Å². The molecule has 0 aromatic heterocycles. The van der Waals surface area contributed by atoms with Crippen molar-refractivity contribution in [3.63, 3.8) is 0 Å². The topological polar surface area (TPSA) is 93.1 Å². The molecule has 0 radical (unpaired) electrons. The van der Waals surface area contributed by atoms with Gasteiger partial charge in [0.2, 0.25) is 0 Å². The maximum absolute atomic E-state index is 12.1. The van der Waals surface area contributed by atoms with E-state index in [0.29, 0.717) is 17.4 Å². The van der Waals surface area contributed by atoms with Gasteiger partial charge in [-0.05, 0) is 6.42 Å². The van der Waals surface area contributed by atoms with Crippen LogP contribution in [-0.4, -0.2) is 60.9 Å². The number of unbranched alkanes of at least 4 members (excludes halogenated alkanes) is 11. The minimum absolute atomic E-state index is 0.148.